The second kappa shape index (κ2) is 6.68. The minimum absolute atomic E-state index is 0.0777. The molecule has 0 radical (unpaired) electrons. The van der Waals surface area contributed by atoms with Gasteiger partial charge in [0.1, 0.15) is 17.1 Å². The maximum atomic E-state index is 12.1. The van der Waals surface area contributed by atoms with Crippen molar-refractivity contribution in [2.24, 2.45) is 10.8 Å². The van der Waals surface area contributed by atoms with E-state index in [2.05, 4.69) is 34.6 Å². The number of carbonyl (C=O) groups is 1. The van der Waals surface area contributed by atoms with Crippen molar-refractivity contribution in [3.05, 3.63) is 59.7 Å². The average Bonchev–Trinajstić information content (AvgIpc) is 2.48. The van der Waals surface area contributed by atoms with E-state index in [9.17, 15) is 9.90 Å². The van der Waals surface area contributed by atoms with Crippen molar-refractivity contribution in [3.8, 4) is 11.5 Å². The molecular formula is C21H26O3. The number of ether oxygens (including phenoxy) is 1. The van der Waals surface area contributed by atoms with Gasteiger partial charge in [0, 0.05) is 0 Å². The molecule has 0 fully saturated rings. The van der Waals surface area contributed by atoms with Crippen LogP contribution in [0.5, 0.6) is 11.5 Å². The zero-order valence-corrected chi connectivity index (χ0v) is 15.1. The lowest BCUT2D eigenvalue weighted by molar-refractivity contribution is 0.0731. The molecule has 0 bridgehead atoms. The summed E-state index contributed by atoms with van der Waals surface area (Å²) in [7, 11) is 0. The van der Waals surface area contributed by atoms with Crippen molar-refractivity contribution in [3.63, 3.8) is 0 Å². The van der Waals surface area contributed by atoms with E-state index in [1.54, 1.807) is 24.3 Å². The number of rotatable bonds is 4. The summed E-state index contributed by atoms with van der Waals surface area (Å²) in [6.45, 7) is 11.3. The Morgan fingerprint density at radius 1 is 0.958 bits per heavy atom. The van der Waals surface area contributed by atoms with Gasteiger partial charge in [-0.2, -0.15) is 0 Å². The van der Waals surface area contributed by atoms with E-state index < -0.39 is 5.97 Å². The molecule has 0 aliphatic rings. The minimum Gasteiger partial charge on any atom is -0.507 e. The fraction of sp³-hybridized carbons (Fsp3) is 0.381. The summed E-state index contributed by atoms with van der Waals surface area (Å²) in [4.78, 5) is 12.1. The van der Waals surface area contributed by atoms with E-state index >= 15 is 0 Å². The second-order valence-electron chi connectivity index (χ2n) is 7.86. The van der Waals surface area contributed by atoms with Crippen molar-refractivity contribution >= 4 is 5.97 Å². The van der Waals surface area contributed by atoms with Crippen LogP contribution in [-0.2, 0) is 6.42 Å². The van der Waals surface area contributed by atoms with Crippen LogP contribution >= 0.6 is 0 Å². The maximum Gasteiger partial charge on any atom is 0.347 e. The number of phenols is 1. The summed E-state index contributed by atoms with van der Waals surface area (Å²) >= 11 is 0. The first kappa shape index (κ1) is 18.1. The molecule has 0 spiro atoms. The predicted octanol–water partition coefficient (Wildman–Crippen LogP) is 5.23. The monoisotopic (exact) mass is 326 g/mol. The molecule has 128 valence electrons. The van der Waals surface area contributed by atoms with Crippen molar-refractivity contribution in [1.29, 1.82) is 0 Å². The summed E-state index contributed by atoms with van der Waals surface area (Å²) < 4.78 is 5.33. The highest BCUT2D eigenvalue weighted by Gasteiger charge is 2.32. The first-order chi connectivity index (χ1) is 11.1. The predicted molar refractivity (Wildman–Crippen MR) is 96.4 cm³/mol. The quantitative estimate of drug-likeness (QED) is 0.618. The zero-order chi connectivity index (χ0) is 18.0. The molecule has 0 amide bonds. The highest BCUT2D eigenvalue weighted by Crippen LogP contribution is 2.40. The normalized spacial score (nSPS) is 12.0. The molecule has 3 nitrogen and oxygen atoms in total. The van der Waals surface area contributed by atoms with Gasteiger partial charge < -0.3 is 9.84 Å². The Kier molecular flexibility index (Phi) is 5.02. The molecule has 0 saturated carbocycles. The Morgan fingerprint density at radius 2 is 1.54 bits per heavy atom. The van der Waals surface area contributed by atoms with Gasteiger partial charge in [-0.25, -0.2) is 4.79 Å². The number of aromatic hydroxyl groups is 1. The molecule has 0 unspecified atom stereocenters. The zero-order valence-electron chi connectivity index (χ0n) is 15.1. The Bertz CT molecular complexity index is 707. The Hall–Kier alpha value is -2.29. The van der Waals surface area contributed by atoms with Gasteiger partial charge in [0.2, 0.25) is 0 Å². The third-order valence-electron chi connectivity index (χ3n) is 4.93. The van der Waals surface area contributed by atoms with Crippen LogP contribution in [-0.4, -0.2) is 11.1 Å². The van der Waals surface area contributed by atoms with Crippen molar-refractivity contribution in [2.45, 2.75) is 41.0 Å². The van der Waals surface area contributed by atoms with Crippen LogP contribution in [0.25, 0.3) is 0 Å². The van der Waals surface area contributed by atoms with Gasteiger partial charge in [0.05, 0.1) is 0 Å². The lowest BCUT2D eigenvalue weighted by atomic mass is 9.66. The Morgan fingerprint density at radius 3 is 2.08 bits per heavy atom. The van der Waals surface area contributed by atoms with Gasteiger partial charge in [-0.1, -0.05) is 58.9 Å². The second-order valence-corrected chi connectivity index (χ2v) is 7.86. The molecule has 0 aromatic heterocycles. The number of phenolic OH excluding ortho intramolecular Hbond substituents is 1. The van der Waals surface area contributed by atoms with Crippen LogP contribution in [0.2, 0.25) is 0 Å². The van der Waals surface area contributed by atoms with Crippen LogP contribution in [0.1, 0.15) is 50.5 Å². The summed E-state index contributed by atoms with van der Waals surface area (Å²) in [5, 5.41) is 9.71. The van der Waals surface area contributed by atoms with E-state index in [1.807, 2.05) is 12.1 Å². The summed E-state index contributed by atoms with van der Waals surface area (Å²) in [6.07, 6.45) is 0.949. The van der Waals surface area contributed by atoms with Crippen LogP contribution < -0.4 is 4.74 Å². The molecule has 24 heavy (non-hydrogen) atoms. The summed E-state index contributed by atoms with van der Waals surface area (Å²) in [6, 6.07) is 13.9. The topological polar surface area (TPSA) is 46.5 Å². The fourth-order valence-corrected chi connectivity index (χ4v) is 2.26. The number of esters is 1. The van der Waals surface area contributed by atoms with Crippen molar-refractivity contribution in [1.82, 2.24) is 0 Å². The molecule has 3 heteroatoms. The minimum atomic E-state index is -0.559. The fourth-order valence-electron chi connectivity index (χ4n) is 2.26. The number of hydrogen-bond donors (Lipinski definition) is 1. The van der Waals surface area contributed by atoms with E-state index in [-0.39, 0.29) is 22.1 Å². The van der Waals surface area contributed by atoms with Crippen molar-refractivity contribution in [2.75, 3.05) is 0 Å². The molecule has 0 atom stereocenters. The lowest BCUT2D eigenvalue weighted by Crippen LogP contribution is -2.31. The standard InChI is InChI=1S/C21H26O3/c1-20(2,3)21(4,5)14-15-10-12-16(13-11-15)24-19(23)17-8-6-7-9-18(17)22/h6-13,22H,14H2,1-5H3. The van der Waals surface area contributed by atoms with Gasteiger partial charge in [-0.3, -0.25) is 0 Å². The number of para-hydroxylation sites is 1. The molecular weight excluding hydrogens is 300 g/mol. The molecule has 0 heterocycles. The smallest absolute Gasteiger partial charge is 0.347 e. The SMILES string of the molecule is CC(C)(C)C(C)(C)Cc1ccc(OC(=O)c2ccccc2O)cc1. The summed E-state index contributed by atoms with van der Waals surface area (Å²) in [5.41, 5.74) is 1.72. The van der Waals surface area contributed by atoms with E-state index in [0.717, 1.165) is 6.42 Å². The molecule has 1 N–H and O–H groups in total. The first-order valence-corrected chi connectivity index (χ1v) is 8.19. The molecule has 0 aliphatic carbocycles. The summed E-state index contributed by atoms with van der Waals surface area (Å²) in [5.74, 6) is -0.164. The Balaban J connectivity index is 2.08. The third-order valence-corrected chi connectivity index (χ3v) is 4.93. The van der Waals surface area contributed by atoms with Crippen LogP contribution in [0.15, 0.2) is 48.5 Å². The lowest BCUT2D eigenvalue weighted by Gasteiger charge is -2.39. The number of carbonyl (C=O) groups excluding carboxylic acids is 1. The molecule has 0 saturated heterocycles. The van der Waals surface area contributed by atoms with Gasteiger partial charge >= 0.3 is 5.97 Å². The van der Waals surface area contributed by atoms with Crippen LogP contribution in [0.4, 0.5) is 0 Å². The third kappa shape index (κ3) is 4.16. The van der Waals surface area contributed by atoms with Crippen molar-refractivity contribution < 1.29 is 14.6 Å². The highest BCUT2D eigenvalue weighted by molar-refractivity contribution is 5.93. The maximum absolute atomic E-state index is 12.1. The first-order valence-electron chi connectivity index (χ1n) is 8.19. The molecule has 0 aliphatic heterocycles. The number of hydrogen-bond acceptors (Lipinski definition) is 3. The van der Waals surface area contributed by atoms with E-state index in [0.29, 0.717) is 5.75 Å². The van der Waals surface area contributed by atoms with Gasteiger partial charge in [0.25, 0.3) is 0 Å². The largest absolute Gasteiger partial charge is 0.507 e. The van der Waals surface area contributed by atoms with Gasteiger partial charge in [-0.05, 0) is 47.1 Å². The Labute approximate surface area is 144 Å². The molecule has 2 rings (SSSR count). The van der Waals surface area contributed by atoms with Gasteiger partial charge in [-0.15, -0.1) is 0 Å². The van der Waals surface area contributed by atoms with E-state index in [1.165, 1.54) is 17.7 Å². The van der Waals surface area contributed by atoms with Gasteiger partial charge in [0.15, 0.2) is 0 Å². The highest BCUT2D eigenvalue weighted by atomic mass is 16.5. The molecule has 2 aromatic carbocycles. The van der Waals surface area contributed by atoms with Crippen LogP contribution in [0, 0.1) is 10.8 Å². The van der Waals surface area contributed by atoms with E-state index in [4.69, 9.17) is 4.74 Å². The number of benzene rings is 2. The average molecular weight is 326 g/mol. The molecule has 2 aromatic rings. The van der Waals surface area contributed by atoms with Crippen LogP contribution in [0.3, 0.4) is 0 Å².